The Labute approximate surface area is 169 Å². The summed E-state index contributed by atoms with van der Waals surface area (Å²) in [5.41, 5.74) is 0.692. The molecule has 1 amide bonds. The lowest BCUT2D eigenvalue weighted by molar-refractivity contribution is -0.385. The van der Waals surface area contributed by atoms with Crippen LogP contribution in [-0.4, -0.2) is 38.2 Å². The highest BCUT2D eigenvalue weighted by molar-refractivity contribution is 7.92. The Morgan fingerprint density at radius 1 is 1.24 bits per heavy atom. The van der Waals surface area contributed by atoms with Gasteiger partial charge in [-0.1, -0.05) is 6.07 Å². The van der Waals surface area contributed by atoms with Crippen LogP contribution in [0.1, 0.15) is 19.4 Å². The molecule has 0 radical (unpaired) electrons. The van der Waals surface area contributed by atoms with Gasteiger partial charge < -0.3 is 10.1 Å². The van der Waals surface area contributed by atoms with Crippen molar-refractivity contribution in [3.63, 3.8) is 0 Å². The lowest BCUT2D eigenvalue weighted by Gasteiger charge is -2.28. The minimum atomic E-state index is -3.79. The maximum Gasteiger partial charge on any atom is 0.274 e. The number of rotatable bonds is 8. The van der Waals surface area contributed by atoms with Gasteiger partial charge in [-0.15, -0.1) is 0 Å². The van der Waals surface area contributed by atoms with Crippen LogP contribution in [0.25, 0.3) is 0 Å². The zero-order valence-electron chi connectivity index (χ0n) is 16.6. The second-order valence-corrected chi connectivity index (χ2v) is 8.22. The van der Waals surface area contributed by atoms with Crippen molar-refractivity contribution < 1.29 is 22.9 Å². The first-order valence-electron chi connectivity index (χ1n) is 8.83. The maximum absolute atomic E-state index is 12.8. The summed E-state index contributed by atoms with van der Waals surface area (Å²) in [6.45, 7) is 5.26. The molecule has 10 heteroatoms. The largest absolute Gasteiger partial charge is 0.494 e. The van der Waals surface area contributed by atoms with E-state index in [4.69, 9.17) is 4.74 Å². The van der Waals surface area contributed by atoms with Gasteiger partial charge in [0.2, 0.25) is 15.9 Å². The lowest BCUT2D eigenvalue weighted by atomic mass is 10.1. The van der Waals surface area contributed by atoms with Crippen LogP contribution in [0.3, 0.4) is 0 Å². The number of nitrogens with zero attached hydrogens (tertiary/aromatic N) is 2. The quantitative estimate of drug-likeness (QED) is 0.517. The van der Waals surface area contributed by atoms with E-state index in [1.807, 2.05) is 6.92 Å². The number of hydrogen-bond donors (Lipinski definition) is 1. The molecule has 2 aromatic carbocycles. The fourth-order valence-electron chi connectivity index (χ4n) is 2.86. The first-order chi connectivity index (χ1) is 13.6. The lowest BCUT2D eigenvalue weighted by Crippen LogP contribution is -2.45. The summed E-state index contributed by atoms with van der Waals surface area (Å²) >= 11 is 0. The summed E-state index contributed by atoms with van der Waals surface area (Å²) in [6, 6.07) is 9.54. The number of nitro groups is 1. The normalized spacial score (nSPS) is 12.1. The van der Waals surface area contributed by atoms with Crippen molar-refractivity contribution in [2.45, 2.75) is 26.8 Å². The predicted molar refractivity (Wildman–Crippen MR) is 111 cm³/mol. The molecule has 0 aliphatic heterocycles. The molecule has 0 fully saturated rings. The van der Waals surface area contributed by atoms with Gasteiger partial charge >= 0.3 is 0 Å². The number of hydrogen-bond acceptors (Lipinski definition) is 6. The molecule has 29 heavy (non-hydrogen) atoms. The zero-order valence-corrected chi connectivity index (χ0v) is 17.4. The van der Waals surface area contributed by atoms with Crippen LogP contribution in [0.2, 0.25) is 0 Å². The van der Waals surface area contributed by atoms with Crippen LogP contribution in [0, 0.1) is 17.0 Å². The van der Waals surface area contributed by atoms with Gasteiger partial charge in [0.25, 0.3) is 5.69 Å². The number of ether oxygens (including phenoxy) is 1. The summed E-state index contributed by atoms with van der Waals surface area (Å²) in [7, 11) is -3.79. The number of benzene rings is 2. The van der Waals surface area contributed by atoms with Gasteiger partial charge in [-0.2, -0.15) is 0 Å². The van der Waals surface area contributed by atoms with Crippen LogP contribution >= 0.6 is 0 Å². The molecule has 0 saturated heterocycles. The average molecular weight is 421 g/mol. The molecule has 1 unspecified atom stereocenters. The molecule has 9 nitrogen and oxygen atoms in total. The molecule has 1 N–H and O–H groups in total. The summed E-state index contributed by atoms with van der Waals surface area (Å²) in [5.74, 6) is -0.0399. The van der Waals surface area contributed by atoms with E-state index in [0.29, 0.717) is 18.0 Å². The van der Waals surface area contributed by atoms with Crippen molar-refractivity contribution in [1.82, 2.24) is 0 Å². The topological polar surface area (TPSA) is 119 Å². The molecule has 0 aliphatic carbocycles. The van der Waals surface area contributed by atoms with Crippen LogP contribution in [0.15, 0.2) is 42.5 Å². The van der Waals surface area contributed by atoms with Crippen molar-refractivity contribution in [3.8, 4) is 5.75 Å². The standard InChI is InChI=1S/C19H23N3O6S/c1-5-28-16-11-9-15(10-12-16)21(29(4,26)27)14(3)19(23)20-17-7-6-8-18(13(17)2)22(24)25/h6-12,14H,5H2,1-4H3,(H,20,23). The fraction of sp³-hybridized carbons (Fsp3) is 0.316. The molecule has 2 aromatic rings. The monoisotopic (exact) mass is 421 g/mol. The number of nitrogens with one attached hydrogen (secondary N) is 1. The number of carbonyl (C=O) groups excluding carboxylic acids is 1. The van der Waals surface area contributed by atoms with Gasteiger partial charge in [-0.05, 0) is 51.1 Å². The van der Waals surface area contributed by atoms with Crippen molar-refractivity contribution in [2.75, 3.05) is 22.5 Å². The summed E-state index contributed by atoms with van der Waals surface area (Å²) in [5, 5.41) is 13.7. The number of carbonyl (C=O) groups is 1. The molecule has 0 aromatic heterocycles. The Hall–Kier alpha value is -3.14. The predicted octanol–water partition coefficient (Wildman–Crippen LogP) is 3.10. The average Bonchev–Trinajstić information content (AvgIpc) is 2.63. The summed E-state index contributed by atoms with van der Waals surface area (Å²) in [6.07, 6.45) is 1.01. The molecule has 156 valence electrons. The highest BCUT2D eigenvalue weighted by Gasteiger charge is 2.30. The third-order valence-corrected chi connectivity index (χ3v) is 5.49. The van der Waals surface area contributed by atoms with E-state index < -0.39 is 26.9 Å². The van der Waals surface area contributed by atoms with E-state index in [0.717, 1.165) is 10.6 Å². The highest BCUT2D eigenvalue weighted by Crippen LogP contribution is 2.27. The second-order valence-electron chi connectivity index (χ2n) is 6.36. The number of nitro benzene ring substituents is 1. The Morgan fingerprint density at radius 2 is 1.86 bits per heavy atom. The molecule has 0 heterocycles. The van der Waals surface area contributed by atoms with E-state index in [9.17, 15) is 23.3 Å². The van der Waals surface area contributed by atoms with Crippen LogP contribution in [0.4, 0.5) is 17.1 Å². The van der Waals surface area contributed by atoms with E-state index in [-0.39, 0.29) is 16.9 Å². The third-order valence-electron chi connectivity index (χ3n) is 4.25. The molecule has 0 aliphatic rings. The van der Waals surface area contributed by atoms with Gasteiger partial charge in [0.1, 0.15) is 11.8 Å². The minimum absolute atomic E-state index is 0.137. The summed E-state index contributed by atoms with van der Waals surface area (Å²) < 4.78 is 31.1. The Bertz CT molecular complexity index is 1010. The van der Waals surface area contributed by atoms with E-state index >= 15 is 0 Å². The SMILES string of the molecule is CCOc1ccc(N(C(C)C(=O)Nc2cccc([N+](=O)[O-])c2C)S(C)(=O)=O)cc1. The minimum Gasteiger partial charge on any atom is -0.494 e. The first kappa shape index (κ1) is 22.2. The third kappa shape index (κ3) is 5.23. The van der Waals surface area contributed by atoms with Crippen molar-refractivity contribution in [2.24, 2.45) is 0 Å². The van der Waals surface area contributed by atoms with E-state index in [2.05, 4.69) is 5.32 Å². The maximum atomic E-state index is 12.8. The van der Waals surface area contributed by atoms with Crippen LogP contribution in [-0.2, 0) is 14.8 Å². The molecule has 0 bridgehead atoms. The highest BCUT2D eigenvalue weighted by atomic mass is 32.2. The number of sulfonamides is 1. The Morgan fingerprint density at radius 3 is 2.38 bits per heavy atom. The second kappa shape index (κ2) is 8.91. The fourth-order valence-corrected chi connectivity index (χ4v) is 4.03. The zero-order chi connectivity index (χ0) is 21.8. The Balaban J connectivity index is 2.32. The molecule has 1 atom stereocenters. The van der Waals surface area contributed by atoms with Crippen molar-refractivity contribution >= 4 is 33.0 Å². The summed E-state index contributed by atoms with van der Waals surface area (Å²) in [4.78, 5) is 23.3. The molecule has 0 saturated carbocycles. The molecule has 0 spiro atoms. The van der Waals surface area contributed by atoms with Crippen molar-refractivity contribution in [1.29, 1.82) is 0 Å². The molecular weight excluding hydrogens is 398 g/mol. The van der Waals surface area contributed by atoms with Gasteiger partial charge in [0.15, 0.2) is 0 Å². The van der Waals surface area contributed by atoms with Crippen molar-refractivity contribution in [3.05, 3.63) is 58.1 Å². The van der Waals surface area contributed by atoms with Crippen LogP contribution < -0.4 is 14.4 Å². The van der Waals surface area contributed by atoms with E-state index in [1.165, 1.54) is 32.0 Å². The molecular formula is C19H23N3O6S. The number of amides is 1. The van der Waals surface area contributed by atoms with E-state index in [1.54, 1.807) is 24.3 Å². The van der Waals surface area contributed by atoms with Gasteiger partial charge in [0, 0.05) is 6.07 Å². The smallest absolute Gasteiger partial charge is 0.274 e. The Kier molecular flexibility index (Phi) is 6.80. The molecule has 2 rings (SSSR count). The van der Waals surface area contributed by atoms with Gasteiger partial charge in [-0.25, -0.2) is 8.42 Å². The first-order valence-corrected chi connectivity index (χ1v) is 10.7. The number of anilines is 2. The van der Waals surface area contributed by atoms with Gasteiger partial charge in [-0.3, -0.25) is 19.2 Å². The van der Waals surface area contributed by atoms with Crippen LogP contribution in [0.5, 0.6) is 5.75 Å². The van der Waals surface area contributed by atoms with Gasteiger partial charge in [0.05, 0.1) is 34.7 Å².